The highest BCUT2D eigenvalue weighted by Crippen LogP contribution is 2.30. The molecule has 130 valence electrons. The number of piperidine rings is 1. The Hall–Kier alpha value is -2.71. The summed E-state index contributed by atoms with van der Waals surface area (Å²) in [5.74, 6) is 0.751. The van der Waals surface area contributed by atoms with Gasteiger partial charge in [0, 0.05) is 31.7 Å². The van der Waals surface area contributed by atoms with Gasteiger partial charge in [-0.25, -0.2) is 9.97 Å². The number of pyridine rings is 1. The molecule has 9 heteroatoms. The molecule has 0 bridgehead atoms. The molecule has 0 aliphatic carbocycles. The van der Waals surface area contributed by atoms with Gasteiger partial charge in [0.05, 0.1) is 6.04 Å². The van der Waals surface area contributed by atoms with E-state index in [1.165, 1.54) is 10.9 Å². The van der Waals surface area contributed by atoms with Gasteiger partial charge in [0.25, 0.3) is 0 Å². The molecule has 0 N–H and O–H groups in total. The predicted molar refractivity (Wildman–Crippen MR) is 85.0 cm³/mol. The fourth-order valence-corrected chi connectivity index (χ4v) is 3.09. The summed E-state index contributed by atoms with van der Waals surface area (Å²) in [6, 6.07) is 4.61. The van der Waals surface area contributed by atoms with Gasteiger partial charge in [-0.15, -0.1) is 0 Å². The maximum atomic E-state index is 12.7. The summed E-state index contributed by atoms with van der Waals surface area (Å²) in [7, 11) is 0. The van der Waals surface area contributed by atoms with Crippen LogP contribution in [0.2, 0.25) is 0 Å². The summed E-state index contributed by atoms with van der Waals surface area (Å²) in [5.41, 5.74) is 0.408. The third-order valence-electron chi connectivity index (χ3n) is 4.31. The largest absolute Gasteiger partial charge is 0.435 e. The number of aromatic nitrogens is 5. The summed E-state index contributed by atoms with van der Waals surface area (Å²) < 4.78 is 39.7. The Balaban J connectivity index is 1.56. The van der Waals surface area contributed by atoms with Crippen molar-refractivity contribution in [3.63, 3.8) is 0 Å². The van der Waals surface area contributed by atoms with Crippen LogP contribution in [-0.2, 0) is 6.18 Å². The van der Waals surface area contributed by atoms with Gasteiger partial charge >= 0.3 is 6.18 Å². The first-order valence-corrected chi connectivity index (χ1v) is 7.96. The van der Waals surface area contributed by atoms with E-state index in [-0.39, 0.29) is 6.04 Å². The molecule has 4 heterocycles. The number of hydrogen-bond acceptors (Lipinski definition) is 5. The lowest BCUT2D eigenvalue weighted by atomic mass is 10.1. The van der Waals surface area contributed by atoms with E-state index in [4.69, 9.17) is 0 Å². The Morgan fingerprint density at radius 3 is 2.72 bits per heavy atom. The number of hydrogen-bond donors (Lipinski definition) is 0. The van der Waals surface area contributed by atoms with E-state index < -0.39 is 11.9 Å². The zero-order valence-electron chi connectivity index (χ0n) is 13.2. The molecule has 1 atom stereocenters. The van der Waals surface area contributed by atoms with Crippen molar-refractivity contribution in [2.24, 2.45) is 0 Å². The first kappa shape index (κ1) is 15.8. The molecule has 4 rings (SSSR count). The van der Waals surface area contributed by atoms with Crippen LogP contribution < -0.4 is 4.90 Å². The minimum Gasteiger partial charge on any atom is -0.354 e. The zero-order chi connectivity index (χ0) is 17.4. The average Bonchev–Trinajstić information content (AvgIpc) is 3.12. The lowest BCUT2D eigenvalue weighted by Gasteiger charge is -2.33. The highest BCUT2D eigenvalue weighted by Gasteiger charge is 2.34. The molecule has 1 aliphatic heterocycles. The van der Waals surface area contributed by atoms with E-state index in [2.05, 4.69) is 25.0 Å². The van der Waals surface area contributed by atoms with Gasteiger partial charge in [0.2, 0.25) is 0 Å². The minimum atomic E-state index is -4.42. The van der Waals surface area contributed by atoms with E-state index in [1.807, 2.05) is 12.1 Å². The molecule has 0 amide bonds. The molecule has 1 saturated heterocycles. The molecular weight excluding hydrogens is 333 g/mol. The van der Waals surface area contributed by atoms with Crippen molar-refractivity contribution >= 4 is 17.0 Å². The maximum absolute atomic E-state index is 12.7. The van der Waals surface area contributed by atoms with Gasteiger partial charge in [0.1, 0.15) is 11.3 Å². The molecule has 0 spiro atoms. The lowest BCUT2D eigenvalue weighted by molar-refractivity contribution is -0.141. The average molecular weight is 348 g/mol. The second kappa shape index (κ2) is 5.98. The van der Waals surface area contributed by atoms with Crippen molar-refractivity contribution in [2.75, 3.05) is 18.0 Å². The standard InChI is InChI=1S/C16H15F3N6/c17-16(18,19)13-5-9-25(23-13)11-2-1-8-24(10-11)14-4-3-12-15(22-14)21-7-6-20-12/h3-7,9,11H,1-2,8,10H2. The van der Waals surface area contributed by atoms with Crippen molar-refractivity contribution in [1.82, 2.24) is 24.7 Å². The van der Waals surface area contributed by atoms with Crippen molar-refractivity contribution in [3.8, 4) is 0 Å². The normalized spacial score (nSPS) is 18.7. The predicted octanol–water partition coefficient (Wildman–Crippen LogP) is 3.08. The van der Waals surface area contributed by atoms with E-state index in [0.29, 0.717) is 17.7 Å². The molecule has 0 aromatic carbocycles. The van der Waals surface area contributed by atoms with Crippen molar-refractivity contribution in [1.29, 1.82) is 0 Å². The SMILES string of the molecule is FC(F)(F)c1ccn(C2CCCN(c3ccc4nccnc4n3)C2)n1. The van der Waals surface area contributed by atoms with Crippen LogP contribution in [-0.4, -0.2) is 37.8 Å². The molecule has 6 nitrogen and oxygen atoms in total. The molecule has 0 radical (unpaired) electrons. The summed E-state index contributed by atoms with van der Waals surface area (Å²) in [4.78, 5) is 15.0. The highest BCUT2D eigenvalue weighted by molar-refractivity contribution is 5.71. The second-order valence-electron chi connectivity index (χ2n) is 5.99. The molecular formula is C16H15F3N6. The maximum Gasteiger partial charge on any atom is 0.435 e. The lowest BCUT2D eigenvalue weighted by Crippen LogP contribution is -2.37. The number of anilines is 1. The summed E-state index contributed by atoms with van der Waals surface area (Å²) in [5, 5.41) is 3.71. The first-order valence-electron chi connectivity index (χ1n) is 7.96. The van der Waals surface area contributed by atoms with Gasteiger partial charge < -0.3 is 4.90 Å². The number of alkyl halides is 3. The smallest absolute Gasteiger partial charge is 0.354 e. The van der Waals surface area contributed by atoms with E-state index in [1.54, 1.807) is 12.4 Å². The van der Waals surface area contributed by atoms with Crippen molar-refractivity contribution in [2.45, 2.75) is 25.1 Å². The fourth-order valence-electron chi connectivity index (χ4n) is 3.09. The van der Waals surface area contributed by atoms with Crippen LogP contribution in [0.4, 0.5) is 19.0 Å². The van der Waals surface area contributed by atoms with Crippen LogP contribution >= 0.6 is 0 Å². The van der Waals surface area contributed by atoms with Crippen LogP contribution in [0.15, 0.2) is 36.8 Å². The quantitative estimate of drug-likeness (QED) is 0.712. The summed E-state index contributed by atoms with van der Waals surface area (Å²) in [6.45, 7) is 1.35. The Labute approximate surface area is 141 Å². The second-order valence-corrected chi connectivity index (χ2v) is 5.99. The zero-order valence-corrected chi connectivity index (χ0v) is 13.2. The molecule has 3 aromatic rings. The third-order valence-corrected chi connectivity index (χ3v) is 4.31. The van der Waals surface area contributed by atoms with E-state index >= 15 is 0 Å². The summed E-state index contributed by atoms with van der Waals surface area (Å²) >= 11 is 0. The van der Waals surface area contributed by atoms with Gasteiger partial charge in [0.15, 0.2) is 11.3 Å². The third kappa shape index (κ3) is 3.13. The Kier molecular flexibility index (Phi) is 3.78. The Bertz CT molecular complexity index is 891. The molecule has 1 aliphatic rings. The van der Waals surface area contributed by atoms with Gasteiger partial charge in [-0.2, -0.15) is 18.3 Å². The molecule has 0 saturated carbocycles. The van der Waals surface area contributed by atoms with Crippen LogP contribution in [0.1, 0.15) is 24.6 Å². The van der Waals surface area contributed by atoms with E-state index in [9.17, 15) is 13.2 Å². The Morgan fingerprint density at radius 2 is 1.92 bits per heavy atom. The molecule has 1 fully saturated rings. The topological polar surface area (TPSA) is 59.7 Å². The number of nitrogens with zero attached hydrogens (tertiary/aromatic N) is 6. The monoisotopic (exact) mass is 348 g/mol. The molecule has 25 heavy (non-hydrogen) atoms. The molecule has 1 unspecified atom stereocenters. The van der Waals surface area contributed by atoms with Gasteiger partial charge in [-0.3, -0.25) is 9.67 Å². The number of fused-ring (bicyclic) bond motifs is 1. The van der Waals surface area contributed by atoms with Gasteiger partial charge in [-0.1, -0.05) is 0 Å². The minimum absolute atomic E-state index is 0.121. The summed E-state index contributed by atoms with van der Waals surface area (Å²) in [6.07, 6.45) is 1.81. The van der Waals surface area contributed by atoms with Crippen LogP contribution in [0.5, 0.6) is 0 Å². The van der Waals surface area contributed by atoms with Crippen LogP contribution in [0.25, 0.3) is 11.2 Å². The first-order chi connectivity index (χ1) is 12.0. The highest BCUT2D eigenvalue weighted by atomic mass is 19.4. The Morgan fingerprint density at radius 1 is 1.08 bits per heavy atom. The van der Waals surface area contributed by atoms with E-state index in [0.717, 1.165) is 31.3 Å². The van der Waals surface area contributed by atoms with Crippen LogP contribution in [0, 0.1) is 0 Å². The van der Waals surface area contributed by atoms with Crippen LogP contribution in [0.3, 0.4) is 0 Å². The molecule has 3 aromatic heterocycles. The van der Waals surface area contributed by atoms with Crippen molar-refractivity contribution in [3.05, 3.63) is 42.5 Å². The van der Waals surface area contributed by atoms with Gasteiger partial charge in [-0.05, 0) is 31.0 Å². The number of halogens is 3. The fraction of sp³-hybridized carbons (Fsp3) is 0.375. The number of rotatable bonds is 2. The van der Waals surface area contributed by atoms with Crippen molar-refractivity contribution < 1.29 is 13.2 Å².